The number of methoxy groups -OCH3 is 1. The quantitative estimate of drug-likeness (QED) is 0.165. The lowest BCUT2D eigenvalue weighted by Gasteiger charge is -2.17. The Morgan fingerprint density at radius 2 is 1.80 bits per heavy atom. The van der Waals surface area contributed by atoms with Gasteiger partial charge >= 0.3 is 0 Å². The summed E-state index contributed by atoms with van der Waals surface area (Å²) in [6.07, 6.45) is 0. The van der Waals surface area contributed by atoms with Gasteiger partial charge in [-0.3, -0.25) is 14.7 Å². The zero-order chi connectivity index (χ0) is 24.8. The SMILES string of the molecule is COc1cc([C@H](C[N+](=O)[O-])Sc2nnc(C)n2-c2ccccc2)ccc1OCc1ccccc1F. The van der Waals surface area contributed by atoms with Gasteiger partial charge in [0.25, 0.3) is 0 Å². The molecule has 0 unspecified atom stereocenters. The Morgan fingerprint density at radius 1 is 1.06 bits per heavy atom. The van der Waals surface area contributed by atoms with Crippen LogP contribution in [0.4, 0.5) is 4.39 Å². The fraction of sp³-hybridized carbons (Fsp3) is 0.200. The summed E-state index contributed by atoms with van der Waals surface area (Å²) < 4.78 is 27.1. The van der Waals surface area contributed by atoms with Crippen molar-refractivity contribution in [2.45, 2.75) is 23.9 Å². The standard InChI is InChI=1S/C25H23FN4O4S/c1-17-27-28-25(30(17)20-9-4-3-5-10-20)35-24(15-29(31)32)18-12-13-22(23(14-18)33-2)34-16-19-8-6-7-11-21(19)26/h3-14,24H,15-16H2,1-2H3/t24-/m0/s1. The van der Waals surface area contributed by atoms with Crippen molar-refractivity contribution in [2.24, 2.45) is 0 Å². The smallest absolute Gasteiger partial charge is 0.220 e. The Balaban J connectivity index is 1.61. The number of nitrogens with zero attached hydrogens (tertiary/aromatic N) is 4. The van der Waals surface area contributed by atoms with E-state index in [4.69, 9.17) is 9.47 Å². The van der Waals surface area contributed by atoms with Crippen LogP contribution >= 0.6 is 11.8 Å². The molecule has 10 heteroatoms. The van der Waals surface area contributed by atoms with Gasteiger partial charge in [0, 0.05) is 16.2 Å². The third-order valence-corrected chi connectivity index (χ3v) is 6.45. The first-order valence-electron chi connectivity index (χ1n) is 10.8. The largest absolute Gasteiger partial charge is 0.493 e. The van der Waals surface area contributed by atoms with Gasteiger partial charge in [-0.2, -0.15) is 0 Å². The minimum atomic E-state index is -0.564. The lowest BCUT2D eigenvalue weighted by molar-refractivity contribution is -0.479. The van der Waals surface area contributed by atoms with Crippen LogP contribution in [0, 0.1) is 22.9 Å². The number of hydrogen-bond acceptors (Lipinski definition) is 7. The van der Waals surface area contributed by atoms with Crippen LogP contribution in [-0.2, 0) is 6.61 Å². The van der Waals surface area contributed by atoms with Crippen molar-refractivity contribution in [3.63, 3.8) is 0 Å². The van der Waals surface area contributed by atoms with Crippen LogP contribution in [0.3, 0.4) is 0 Å². The van der Waals surface area contributed by atoms with Crippen LogP contribution in [0.2, 0.25) is 0 Å². The van der Waals surface area contributed by atoms with E-state index >= 15 is 0 Å². The lowest BCUT2D eigenvalue weighted by Crippen LogP contribution is -2.11. The average Bonchev–Trinajstić information content (AvgIpc) is 3.23. The van der Waals surface area contributed by atoms with Gasteiger partial charge in [-0.15, -0.1) is 10.2 Å². The molecule has 0 saturated carbocycles. The van der Waals surface area contributed by atoms with Gasteiger partial charge in [-0.05, 0) is 42.8 Å². The van der Waals surface area contributed by atoms with Gasteiger partial charge in [-0.25, -0.2) is 4.39 Å². The van der Waals surface area contributed by atoms with Crippen LogP contribution in [-0.4, -0.2) is 33.3 Å². The highest BCUT2D eigenvalue weighted by Crippen LogP contribution is 2.39. The molecule has 0 spiro atoms. The normalized spacial score (nSPS) is 11.7. The molecule has 0 bridgehead atoms. The zero-order valence-corrected chi connectivity index (χ0v) is 19.9. The van der Waals surface area contributed by atoms with Gasteiger partial charge in [0.05, 0.1) is 7.11 Å². The summed E-state index contributed by atoms with van der Waals surface area (Å²) in [5.74, 6) is 1.12. The molecule has 0 aliphatic carbocycles. The van der Waals surface area contributed by atoms with E-state index in [1.54, 1.807) is 36.4 Å². The number of hydrogen-bond donors (Lipinski definition) is 0. The van der Waals surface area contributed by atoms with Gasteiger partial charge in [0.15, 0.2) is 16.7 Å². The molecule has 0 N–H and O–H groups in total. The summed E-state index contributed by atoms with van der Waals surface area (Å²) in [5.41, 5.74) is 1.95. The predicted molar refractivity (Wildman–Crippen MR) is 130 cm³/mol. The molecule has 0 saturated heterocycles. The van der Waals surface area contributed by atoms with Crippen LogP contribution in [0.1, 0.15) is 22.2 Å². The minimum absolute atomic E-state index is 0.0227. The lowest BCUT2D eigenvalue weighted by atomic mass is 10.1. The predicted octanol–water partition coefficient (Wildman–Crippen LogP) is 5.41. The first kappa shape index (κ1) is 24.2. The highest BCUT2D eigenvalue weighted by molar-refractivity contribution is 7.99. The molecule has 0 radical (unpaired) electrons. The maximum Gasteiger partial charge on any atom is 0.220 e. The van der Waals surface area contributed by atoms with Crippen molar-refractivity contribution in [3.8, 4) is 17.2 Å². The molecule has 4 rings (SSSR count). The van der Waals surface area contributed by atoms with Gasteiger partial charge < -0.3 is 9.47 Å². The molecule has 4 aromatic rings. The summed E-state index contributed by atoms with van der Waals surface area (Å²) in [7, 11) is 1.49. The van der Waals surface area contributed by atoms with Gasteiger partial charge in [0.2, 0.25) is 6.54 Å². The van der Waals surface area contributed by atoms with Gasteiger partial charge in [-0.1, -0.05) is 54.2 Å². The van der Waals surface area contributed by atoms with E-state index < -0.39 is 5.25 Å². The number of aryl methyl sites for hydroxylation is 1. The topological polar surface area (TPSA) is 92.3 Å². The van der Waals surface area contributed by atoms with E-state index in [0.29, 0.717) is 33.6 Å². The third-order valence-electron chi connectivity index (χ3n) is 5.27. The monoisotopic (exact) mass is 494 g/mol. The summed E-state index contributed by atoms with van der Waals surface area (Å²) >= 11 is 1.25. The number of rotatable bonds is 10. The van der Waals surface area contributed by atoms with Crippen LogP contribution in [0.25, 0.3) is 5.69 Å². The molecular formula is C25H23FN4O4S. The molecule has 35 heavy (non-hydrogen) atoms. The Morgan fingerprint density at radius 3 is 2.51 bits per heavy atom. The van der Waals surface area contributed by atoms with Crippen molar-refractivity contribution >= 4 is 11.8 Å². The fourth-order valence-electron chi connectivity index (χ4n) is 3.54. The molecule has 1 aromatic heterocycles. The Bertz CT molecular complexity index is 1320. The summed E-state index contributed by atoms with van der Waals surface area (Å²) in [6, 6.07) is 21.1. The first-order valence-corrected chi connectivity index (χ1v) is 11.6. The number of nitro groups is 1. The highest BCUT2D eigenvalue weighted by atomic mass is 32.2. The number of halogens is 1. The molecule has 180 valence electrons. The second kappa shape index (κ2) is 11.0. The number of aromatic nitrogens is 3. The molecule has 0 amide bonds. The average molecular weight is 495 g/mol. The van der Waals surface area contributed by atoms with E-state index in [0.717, 1.165) is 5.69 Å². The number of thioether (sulfide) groups is 1. The van der Waals surface area contributed by atoms with E-state index in [9.17, 15) is 14.5 Å². The van der Waals surface area contributed by atoms with E-state index in [2.05, 4.69) is 10.2 Å². The molecule has 0 aliphatic rings. The molecule has 1 atom stereocenters. The number of benzene rings is 3. The van der Waals surface area contributed by atoms with E-state index in [-0.39, 0.29) is 23.9 Å². The molecule has 3 aromatic carbocycles. The Hall–Kier alpha value is -3.92. The van der Waals surface area contributed by atoms with Crippen LogP contribution < -0.4 is 9.47 Å². The van der Waals surface area contributed by atoms with E-state index in [1.807, 2.05) is 41.8 Å². The van der Waals surface area contributed by atoms with E-state index in [1.165, 1.54) is 24.9 Å². The third kappa shape index (κ3) is 5.78. The molecular weight excluding hydrogens is 471 g/mol. The highest BCUT2D eigenvalue weighted by Gasteiger charge is 2.25. The van der Waals surface area contributed by atoms with Gasteiger partial charge in [0.1, 0.15) is 23.5 Å². The van der Waals surface area contributed by atoms with Crippen molar-refractivity contribution < 1.29 is 18.8 Å². The molecule has 0 fully saturated rings. The van der Waals surface area contributed by atoms with Crippen molar-refractivity contribution in [1.29, 1.82) is 0 Å². The second-order valence-electron chi connectivity index (χ2n) is 7.61. The Labute approximate surface area is 205 Å². The summed E-state index contributed by atoms with van der Waals surface area (Å²) in [5, 5.41) is 19.9. The maximum absolute atomic E-state index is 13.9. The molecule has 8 nitrogen and oxygen atoms in total. The Kier molecular flexibility index (Phi) is 7.61. The van der Waals surface area contributed by atoms with Crippen molar-refractivity contribution in [2.75, 3.05) is 13.7 Å². The number of ether oxygens (including phenoxy) is 2. The summed E-state index contributed by atoms with van der Waals surface area (Å²) in [6.45, 7) is 1.52. The second-order valence-corrected chi connectivity index (χ2v) is 8.78. The van der Waals surface area contributed by atoms with Crippen LogP contribution in [0.5, 0.6) is 11.5 Å². The zero-order valence-electron chi connectivity index (χ0n) is 19.1. The first-order chi connectivity index (χ1) is 17.0. The van der Waals surface area contributed by atoms with Crippen LogP contribution in [0.15, 0.2) is 78.0 Å². The fourth-order valence-corrected chi connectivity index (χ4v) is 4.71. The van der Waals surface area contributed by atoms with Crippen molar-refractivity contribution in [1.82, 2.24) is 14.8 Å². The number of para-hydroxylation sites is 1. The summed E-state index contributed by atoms with van der Waals surface area (Å²) in [4.78, 5) is 11.1. The minimum Gasteiger partial charge on any atom is -0.493 e. The maximum atomic E-state index is 13.9. The van der Waals surface area contributed by atoms with Crippen molar-refractivity contribution in [3.05, 3.63) is 106 Å². The molecule has 1 heterocycles. The molecule has 0 aliphatic heterocycles.